The van der Waals surface area contributed by atoms with E-state index in [1.54, 1.807) is 12.2 Å². The first-order valence-electron chi connectivity index (χ1n) is 4.48. The standard InChI is InChI=1S/C11H18O/c1-5-10(6-2)8-11(12)7-9(3)4/h7-8H,5-6H2,1-4H3. The highest BCUT2D eigenvalue weighted by Gasteiger charge is 1.94. The molecule has 0 aliphatic heterocycles. The fourth-order valence-corrected chi connectivity index (χ4v) is 0.981. The van der Waals surface area contributed by atoms with Crippen LogP contribution in [0.25, 0.3) is 0 Å². The fourth-order valence-electron chi connectivity index (χ4n) is 0.981. The Hall–Kier alpha value is -0.850. The summed E-state index contributed by atoms with van der Waals surface area (Å²) in [5, 5.41) is 0. The molecule has 1 heteroatoms. The van der Waals surface area contributed by atoms with Crippen molar-refractivity contribution >= 4 is 5.78 Å². The molecular weight excluding hydrogens is 148 g/mol. The summed E-state index contributed by atoms with van der Waals surface area (Å²) in [6, 6.07) is 0. The van der Waals surface area contributed by atoms with Gasteiger partial charge in [0.25, 0.3) is 0 Å². The minimum atomic E-state index is 0.119. The van der Waals surface area contributed by atoms with E-state index in [0.717, 1.165) is 18.4 Å². The molecule has 0 saturated heterocycles. The van der Waals surface area contributed by atoms with Gasteiger partial charge in [-0.25, -0.2) is 0 Å². The summed E-state index contributed by atoms with van der Waals surface area (Å²) in [5.41, 5.74) is 2.28. The molecule has 0 aliphatic carbocycles. The highest BCUT2D eigenvalue weighted by atomic mass is 16.1. The number of hydrogen-bond acceptors (Lipinski definition) is 1. The van der Waals surface area contributed by atoms with E-state index in [9.17, 15) is 4.79 Å². The van der Waals surface area contributed by atoms with Gasteiger partial charge in [0, 0.05) is 0 Å². The van der Waals surface area contributed by atoms with Crippen molar-refractivity contribution in [3.63, 3.8) is 0 Å². The van der Waals surface area contributed by atoms with E-state index in [4.69, 9.17) is 0 Å². The Balaban J connectivity index is 4.31. The van der Waals surface area contributed by atoms with Gasteiger partial charge < -0.3 is 0 Å². The summed E-state index contributed by atoms with van der Waals surface area (Å²) in [4.78, 5) is 11.2. The lowest BCUT2D eigenvalue weighted by atomic mass is 10.1. The molecule has 0 aromatic rings. The average Bonchev–Trinajstić information content (AvgIpc) is 1.98. The summed E-state index contributed by atoms with van der Waals surface area (Å²) < 4.78 is 0. The Morgan fingerprint density at radius 3 is 1.92 bits per heavy atom. The molecule has 0 atom stereocenters. The van der Waals surface area contributed by atoms with Gasteiger partial charge in [0.15, 0.2) is 5.78 Å². The second-order valence-electron chi connectivity index (χ2n) is 3.13. The molecule has 0 N–H and O–H groups in total. The lowest BCUT2D eigenvalue weighted by Gasteiger charge is -1.96. The number of carbonyl (C=O) groups is 1. The largest absolute Gasteiger partial charge is 0.290 e. The van der Waals surface area contributed by atoms with Gasteiger partial charge in [-0.05, 0) is 38.8 Å². The topological polar surface area (TPSA) is 17.1 Å². The van der Waals surface area contributed by atoms with Crippen molar-refractivity contribution in [1.29, 1.82) is 0 Å². The summed E-state index contributed by atoms with van der Waals surface area (Å²) in [5.74, 6) is 0.119. The molecule has 0 heterocycles. The Labute approximate surface area is 75.2 Å². The van der Waals surface area contributed by atoms with Gasteiger partial charge >= 0.3 is 0 Å². The third-order valence-electron chi connectivity index (χ3n) is 1.69. The van der Waals surface area contributed by atoms with Crippen LogP contribution in [0.4, 0.5) is 0 Å². The predicted molar refractivity (Wildman–Crippen MR) is 53.1 cm³/mol. The van der Waals surface area contributed by atoms with Gasteiger partial charge in [-0.3, -0.25) is 4.79 Å². The molecule has 1 nitrogen and oxygen atoms in total. The smallest absolute Gasteiger partial charge is 0.178 e. The molecule has 68 valence electrons. The number of ketones is 1. The normalized spacial score (nSPS) is 9.00. The number of rotatable bonds is 4. The van der Waals surface area contributed by atoms with Crippen LogP contribution < -0.4 is 0 Å². The van der Waals surface area contributed by atoms with Gasteiger partial charge in [-0.2, -0.15) is 0 Å². The van der Waals surface area contributed by atoms with Gasteiger partial charge in [-0.1, -0.05) is 25.0 Å². The van der Waals surface area contributed by atoms with E-state index in [0.29, 0.717) is 0 Å². The Morgan fingerprint density at radius 2 is 1.58 bits per heavy atom. The minimum absolute atomic E-state index is 0.119. The van der Waals surface area contributed by atoms with Gasteiger partial charge in [0.2, 0.25) is 0 Å². The molecule has 0 saturated carbocycles. The van der Waals surface area contributed by atoms with E-state index in [1.807, 2.05) is 13.8 Å². The van der Waals surface area contributed by atoms with Gasteiger partial charge in [0.1, 0.15) is 0 Å². The van der Waals surface area contributed by atoms with E-state index in [2.05, 4.69) is 13.8 Å². The monoisotopic (exact) mass is 166 g/mol. The first kappa shape index (κ1) is 11.2. The second kappa shape index (κ2) is 5.76. The van der Waals surface area contributed by atoms with Crippen LogP contribution in [-0.2, 0) is 4.79 Å². The average molecular weight is 166 g/mol. The first-order valence-corrected chi connectivity index (χ1v) is 4.48. The molecule has 0 bridgehead atoms. The second-order valence-corrected chi connectivity index (χ2v) is 3.13. The molecule has 12 heavy (non-hydrogen) atoms. The van der Waals surface area contributed by atoms with Gasteiger partial charge in [-0.15, -0.1) is 0 Å². The van der Waals surface area contributed by atoms with Crippen molar-refractivity contribution in [3.8, 4) is 0 Å². The van der Waals surface area contributed by atoms with Crippen molar-refractivity contribution < 1.29 is 4.79 Å². The number of hydrogen-bond donors (Lipinski definition) is 0. The van der Waals surface area contributed by atoms with E-state index < -0.39 is 0 Å². The summed E-state index contributed by atoms with van der Waals surface area (Å²) in [6.45, 7) is 8.02. The molecular formula is C11H18O. The third-order valence-corrected chi connectivity index (χ3v) is 1.69. The lowest BCUT2D eigenvalue weighted by molar-refractivity contribution is -0.110. The molecule has 0 aromatic heterocycles. The molecule has 0 aromatic carbocycles. The third kappa shape index (κ3) is 4.89. The Kier molecular flexibility index (Phi) is 5.35. The van der Waals surface area contributed by atoms with E-state index >= 15 is 0 Å². The quantitative estimate of drug-likeness (QED) is 0.586. The highest BCUT2D eigenvalue weighted by Crippen LogP contribution is 2.05. The van der Waals surface area contributed by atoms with E-state index in [1.165, 1.54) is 5.57 Å². The number of carbonyl (C=O) groups excluding carboxylic acids is 1. The maximum atomic E-state index is 11.2. The maximum absolute atomic E-state index is 11.2. The van der Waals surface area contributed by atoms with Crippen LogP contribution in [-0.4, -0.2) is 5.78 Å². The van der Waals surface area contributed by atoms with Crippen molar-refractivity contribution in [2.45, 2.75) is 40.5 Å². The van der Waals surface area contributed by atoms with Crippen molar-refractivity contribution in [3.05, 3.63) is 23.3 Å². The highest BCUT2D eigenvalue weighted by molar-refractivity contribution is 6.00. The van der Waals surface area contributed by atoms with E-state index in [-0.39, 0.29) is 5.78 Å². The maximum Gasteiger partial charge on any atom is 0.178 e. The summed E-state index contributed by atoms with van der Waals surface area (Å²) in [7, 11) is 0. The summed E-state index contributed by atoms with van der Waals surface area (Å²) in [6.07, 6.45) is 5.36. The SMILES string of the molecule is CCC(=CC(=O)C=C(C)C)CC. The first-order chi connectivity index (χ1) is 5.60. The zero-order valence-corrected chi connectivity index (χ0v) is 8.48. The van der Waals surface area contributed by atoms with Crippen LogP contribution in [0.3, 0.4) is 0 Å². The van der Waals surface area contributed by atoms with Gasteiger partial charge in [0.05, 0.1) is 0 Å². The van der Waals surface area contributed by atoms with Crippen LogP contribution in [0.1, 0.15) is 40.5 Å². The molecule has 0 rings (SSSR count). The zero-order valence-electron chi connectivity index (χ0n) is 8.48. The molecule has 0 aliphatic rings. The van der Waals surface area contributed by atoms with Crippen LogP contribution >= 0.6 is 0 Å². The zero-order chi connectivity index (χ0) is 9.56. The van der Waals surface area contributed by atoms with Crippen molar-refractivity contribution in [1.82, 2.24) is 0 Å². The predicted octanol–water partition coefficient (Wildman–Crippen LogP) is 3.27. The van der Waals surface area contributed by atoms with Crippen LogP contribution in [0.5, 0.6) is 0 Å². The Bertz CT molecular complexity index is 199. The molecule has 0 spiro atoms. The number of allylic oxidation sites excluding steroid dienone is 4. The van der Waals surface area contributed by atoms with Crippen LogP contribution in [0.2, 0.25) is 0 Å². The lowest BCUT2D eigenvalue weighted by Crippen LogP contribution is -1.90. The van der Waals surface area contributed by atoms with Crippen LogP contribution in [0, 0.1) is 0 Å². The fraction of sp³-hybridized carbons (Fsp3) is 0.545. The molecule has 0 fully saturated rings. The van der Waals surface area contributed by atoms with Crippen molar-refractivity contribution in [2.75, 3.05) is 0 Å². The minimum Gasteiger partial charge on any atom is -0.290 e. The Morgan fingerprint density at radius 1 is 1.08 bits per heavy atom. The molecule has 0 unspecified atom stereocenters. The van der Waals surface area contributed by atoms with Crippen LogP contribution in [0.15, 0.2) is 23.3 Å². The molecule has 0 amide bonds. The molecule has 0 radical (unpaired) electrons. The van der Waals surface area contributed by atoms with Crippen molar-refractivity contribution in [2.24, 2.45) is 0 Å². The summed E-state index contributed by atoms with van der Waals surface area (Å²) >= 11 is 0.